The minimum atomic E-state index is -0.185. The number of nitrogens with one attached hydrogen (secondary N) is 1. The molecule has 2 amide bonds. The number of rotatable bonds is 6. The van der Waals surface area contributed by atoms with Crippen LogP contribution in [0.1, 0.15) is 19.8 Å². The van der Waals surface area contributed by atoms with Crippen molar-refractivity contribution < 1.29 is 19.1 Å². The molecule has 0 radical (unpaired) electrons. The quantitative estimate of drug-likeness (QED) is 0.566. The van der Waals surface area contributed by atoms with Crippen molar-refractivity contribution in [1.29, 1.82) is 0 Å². The van der Waals surface area contributed by atoms with E-state index in [9.17, 15) is 9.59 Å². The third-order valence-corrected chi connectivity index (χ3v) is 4.10. The molecule has 0 bridgehead atoms. The van der Waals surface area contributed by atoms with E-state index in [1.165, 1.54) is 6.92 Å². The number of carbonyl (C=O) groups excluding carboxylic acids is 2. The highest BCUT2D eigenvalue weighted by Gasteiger charge is 2.44. The van der Waals surface area contributed by atoms with Crippen LogP contribution in [0, 0.1) is 5.92 Å². The minimum Gasteiger partial charge on any atom is -0.377 e. The van der Waals surface area contributed by atoms with Crippen LogP contribution in [0.15, 0.2) is 12.7 Å². The molecule has 0 aromatic carbocycles. The summed E-state index contributed by atoms with van der Waals surface area (Å²) in [4.78, 5) is 25.0. The largest absolute Gasteiger partial charge is 0.377 e. The van der Waals surface area contributed by atoms with E-state index in [1.807, 2.05) is 4.90 Å². The molecule has 2 rings (SSSR count). The molecule has 1 saturated heterocycles. The summed E-state index contributed by atoms with van der Waals surface area (Å²) in [5, 5.41) is 2.57. The summed E-state index contributed by atoms with van der Waals surface area (Å²) in [5.74, 6) is 0.109. The lowest BCUT2D eigenvalue weighted by Crippen LogP contribution is -2.55. The van der Waals surface area contributed by atoms with Gasteiger partial charge in [-0.05, 0) is 12.8 Å². The highest BCUT2D eigenvalue weighted by atomic mass is 16.5. The van der Waals surface area contributed by atoms with Gasteiger partial charge < -0.3 is 19.7 Å². The van der Waals surface area contributed by atoms with Crippen molar-refractivity contribution in [2.75, 3.05) is 32.9 Å². The number of amides is 2. The van der Waals surface area contributed by atoms with Gasteiger partial charge in [0.25, 0.3) is 0 Å². The number of hydrogen-bond donors (Lipinski definition) is 1. The number of carbonyl (C=O) groups is 2. The number of nitrogens with zero attached hydrogens (tertiary/aromatic N) is 1. The fourth-order valence-corrected chi connectivity index (χ4v) is 3.15. The predicted molar refractivity (Wildman–Crippen MR) is 77.7 cm³/mol. The molecule has 1 heterocycles. The summed E-state index contributed by atoms with van der Waals surface area (Å²) >= 11 is 0. The van der Waals surface area contributed by atoms with Crippen molar-refractivity contribution in [3.63, 3.8) is 0 Å². The fourth-order valence-electron chi connectivity index (χ4n) is 3.15. The molecule has 1 N–H and O–H groups in total. The van der Waals surface area contributed by atoms with Crippen molar-refractivity contribution >= 4 is 11.8 Å². The Hall–Kier alpha value is -1.40. The maximum Gasteiger partial charge on any atom is 0.242 e. The van der Waals surface area contributed by atoms with Crippen molar-refractivity contribution in [2.45, 2.75) is 31.9 Å². The summed E-state index contributed by atoms with van der Waals surface area (Å²) in [5.41, 5.74) is 0. The monoisotopic (exact) mass is 296 g/mol. The van der Waals surface area contributed by atoms with E-state index in [0.29, 0.717) is 32.3 Å². The van der Waals surface area contributed by atoms with E-state index in [0.717, 1.165) is 12.8 Å². The highest BCUT2D eigenvalue weighted by Crippen LogP contribution is 2.34. The summed E-state index contributed by atoms with van der Waals surface area (Å²) in [6, 6.07) is 0.109. The fraction of sp³-hybridized carbons (Fsp3) is 0.733. The van der Waals surface area contributed by atoms with Crippen LogP contribution < -0.4 is 5.32 Å². The van der Waals surface area contributed by atoms with Crippen LogP contribution in [-0.4, -0.2) is 61.8 Å². The van der Waals surface area contributed by atoms with Crippen LogP contribution in [0.3, 0.4) is 0 Å². The third kappa shape index (κ3) is 4.04. The zero-order chi connectivity index (χ0) is 15.2. The zero-order valence-corrected chi connectivity index (χ0v) is 12.5. The Morgan fingerprint density at radius 2 is 2.29 bits per heavy atom. The third-order valence-electron chi connectivity index (χ3n) is 4.10. The van der Waals surface area contributed by atoms with Gasteiger partial charge in [-0.1, -0.05) is 6.08 Å². The molecule has 1 saturated carbocycles. The summed E-state index contributed by atoms with van der Waals surface area (Å²) in [7, 11) is 0. The molecule has 21 heavy (non-hydrogen) atoms. The van der Waals surface area contributed by atoms with Gasteiger partial charge >= 0.3 is 0 Å². The molecule has 0 unspecified atom stereocenters. The predicted octanol–water partition coefficient (Wildman–Crippen LogP) is 0.331. The first-order valence-corrected chi connectivity index (χ1v) is 7.47. The second kappa shape index (κ2) is 7.56. The standard InChI is InChI=1S/C15H24N2O4/c1-3-7-20-10-12-4-5-13-15(12)21-8-6-17(13)14(19)9-16-11(2)18/h3,12-13,15H,1,4-10H2,2H3,(H,16,18)/t12-,13+,15+/m1/s1. The van der Waals surface area contributed by atoms with Crippen molar-refractivity contribution in [1.82, 2.24) is 10.2 Å². The molecule has 0 spiro atoms. The average molecular weight is 296 g/mol. The van der Waals surface area contributed by atoms with Crippen LogP contribution in [0.5, 0.6) is 0 Å². The van der Waals surface area contributed by atoms with Gasteiger partial charge in [0.2, 0.25) is 11.8 Å². The Bertz CT molecular complexity index is 399. The van der Waals surface area contributed by atoms with E-state index in [2.05, 4.69) is 11.9 Å². The molecule has 0 aromatic heterocycles. The van der Waals surface area contributed by atoms with E-state index in [-0.39, 0.29) is 30.5 Å². The van der Waals surface area contributed by atoms with Crippen LogP contribution >= 0.6 is 0 Å². The Morgan fingerprint density at radius 3 is 3.00 bits per heavy atom. The Balaban J connectivity index is 1.89. The van der Waals surface area contributed by atoms with Gasteiger partial charge in [-0.2, -0.15) is 0 Å². The van der Waals surface area contributed by atoms with Gasteiger partial charge in [0.1, 0.15) is 0 Å². The SMILES string of the molecule is C=CCOC[C@H]1CC[C@H]2[C@H]1OCCN2C(=O)CNC(C)=O. The molecule has 2 aliphatic rings. The maximum atomic E-state index is 12.2. The maximum absolute atomic E-state index is 12.2. The van der Waals surface area contributed by atoms with Crippen LogP contribution in [0.4, 0.5) is 0 Å². The molecule has 1 aliphatic heterocycles. The molecule has 3 atom stereocenters. The molecule has 6 heteroatoms. The molecular formula is C15H24N2O4. The Labute approximate surface area is 125 Å². The number of morpholine rings is 1. The Morgan fingerprint density at radius 1 is 1.48 bits per heavy atom. The second-order valence-electron chi connectivity index (χ2n) is 5.56. The van der Waals surface area contributed by atoms with Crippen LogP contribution in [0.2, 0.25) is 0 Å². The van der Waals surface area contributed by atoms with Gasteiger partial charge in [0.05, 0.1) is 38.5 Å². The first-order valence-electron chi connectivity index (χ1n) is 7.47. The lowest BCUT2D eigenvalue weighted by atomic mass is 10.0. The minimum absolute atomic E-state index is 0.0313. The first-order chi connectivity index (χ1) is 10.1. The smallest absolute Gasteiger partial charge is 0.242 e. The van der Waals surface area contributed by atoms with Gasteiger partial charge in [-0.25, -0.2) is 0 Å². The molecule has 118 valence electrons. The van der Waals surface area contributed by atoms with Gasteiger partial charge in [0, 0.05) is 19.4 Å². The lowest BCUT2D eigenvalue weighted by Gasteiger charge is -2.39. The number of fused-ring (bicyclic) bond motifs is 1. The summed E-state index contributed by atoms with van der Waals surface area (Å²) in [6.45, 7) is 7.44. The first kappa shape index (κ1) is 16.0. The zero-order valence-electron chi connectivity index (χ0n) is 12.5. The summed E-state index contributed by atoms with van der Waals surface area (Å²) < 4.78 is 11.4. The second-order valence-corrected chi connectivity index (χ2v) is 5.56. The molecule has 1 aliphatic carbocycles. The van der Waals surface area contributed by atoms with Crippen molar-refractivity contribution in [3.8, 4) is 0 Å². The highest BCUT2D eigenvalue weighted by molar-refractivity contribution is 5.84. The number of ether oxygens (including phenoxy) is 2. The topological polar surface area (TPSA) is 67.9 Å². The van der Waals surface area contributed by atoms with E-state index in [1.54, 1.807) is 6.08 Å². The number of hydrogen-bond acceptors (Lipinski definition) is 4. The normalized spacial score (nSPS) is 28.0. The van der Waals surface area contributed by atoms with Gasteiger partial charge in [-0.3, -0.25) is 9.59 Å². The van der Waals surface area contributed by atoms with E-state index in [4.69, 9.17) is 9.47 Å². The molecular weight excluding hydrogens is 272 g/mol. The van der Waals surface area contributed by atoms with Crippen molar-refractivity contribution in [2.24, 2.45) is 5.92 Å². The molecule has 0 aromatic rings. The summed E-state index contributed by atoms with van der Waals surface area (Å²) in [6.07, 6.45) is 3.71. The van der Waals surface area contributed by atoms with Gasteiger partial charge in [0.15, 0.2) is 0 Å². The van der Waals surface area contributed by atoms with Crippen LogP contribution in [-0.2, 0) is 19.1 Å². The molecule has 2 fully saturated rings. The lowest BCUT2D eigenvalue weighted by molar-refractivity contribution is -0.147. The van der Waals surface area contributed by atoms with Gasteiger partial charge in [-0.15, -0.1) is 6.58 Å². The average Bonchev–Trinajstić information content (AvgIpc) is 2.88. The van der Waals surface area contributed by atoms with E-state index >= 15 is 0 Å². The Kier molecular flexibility index (Phi) is 5.76. The van der Waals surface area contributed by atoms with E-state index < -0.39 is 0 Å². The molecule has 6 nitrogen and oxygen atoms in total. The van der Waals surface area contributed by atoms with Crippen molar-refractivity contribution in [3.05, 3.63) is 12.7 Å². The van der Waals surface area contributed by atoms with Crippen LogP contribution in [0.25, 0.3) is 0 Å².